The number of rotatable bonds is 4. The van der Waals surface area contributed by atoms with Crippen LogP contribution >= 0.6 is 0 Å². The van der Waals surface area contributed by atoms with Crippen molar-refractivity contribution in [2.75, 3.05) is 0 Å². The molecule has 0 saturated heterocycles. The van der Waals surface area contributed by atoms with E-state index in [1.807, 2.05) is 6.07 Å². The van der Waals surface area contributed by atoms with E-state index < -0.39 is 0 Å². The first-order chi connectivity index (χ1) is 5.93. The third kappa shape index (κ3) is 2.88. The van der Waals surface area contributed by atoms with E-state index in [0.717, 1.165) is 5.76 Å². The third-order valence-electron chi connectivity index (χ3n) is 1.13. The lowest BCUT2D eigenvalue weighted by Gasteiger charge is -1.80. The van der Waals surface area contributed by atoms with Crippen LogP contribution in [-0.2, 0) is 9.53 Å². The predicted molar refractivity (Wildman–Crippen MR) is 44.0 cm³/mol. The maximum Gasteiger partial charge on any atom is 0.297 e. The molecule has 1 rings (SSSR count). The van der Waals surface area contributed by atoms with Crippen LogP contribution in [0.15, 0.2) is 41.2 Å². The van der Waals surface area contributed by atoms with E-state index in [4.69, 9.17) is 4.42 Å². The largest absolute Gasteiger partial charge is 0.465 e. The van der Waals surface area contributed by atoms with Gasteiger partial charge in [0.25, 0.3) is 6.47 Å². The molecule has 3 heteroatoms. The lowest BCUT2D eigenvalue weighted by molar-refractivity contribution is -0.123. The maximum atomic E-state index is 9.68. The van der Waals surface area contributed by atoms with Crippen LogP contribution in [0, 0.1) is 0 Å². The van der Waals surface area contributed by atoms with Crippen LogP contribution in [0.4, 0.5) is 0 Å². The molecule has 0 fully saturated rings. The van der Waals surface area contributed by atoms with Crippen LogP contribution in [0.25, 0.3) is 6.08 Å². The fourth-order valence-corrected chi connectivity index (χ4v) is 0.659. The van der Waals surface area contributed by atoms with Crippen molar-refractivity contribution in [2.45, 2.75) is 0 Å². The second-order valence-corrected chi connectivity index (χ2v) is 1.94. The van der Waals surface area contributed by atoms with Gasteiger partial charge in [-0.15, -0.1) is 0 Å². The maximum absolute atomic E-state index is 9.68. The van der Waals surface area contributed by atoms with Gasteiger partial charge >= 0.3 is 0 Å². The molecule has 62 valence electrons. The van der Waals surface area contributed by atoms with E-state index in [1.165, 1.54) is 6.26 Å². The average Bonchev–Trinajstić information content (AvgIpc) is 2.57. The molecule has 1 heterocycles. The number of furan rings is 1. The lowest BCUT2D eigenvalue weighted by Crippen LogP contribution is -1.70. The van der Waals surface area contributed by atoms with Crippen LogP contribution < -0.4 is 0 Å². The van der Waals surface area contributed by atoms with Gasteiger partial charge in [0.05, 0.1) is 12.5 Å². The Morgan fingerprint density at radius 1 is 1.42 bits per heavy atom. The van der Waals surface area contributed by atoms with Gasteiger partial charge in [-0.25, -0.2) is 0 Å². The molecule has 1 aromatic rings. The standard InChI is InChI=1S/C9H8O3/c10-8-11-6-2-1-4-9-5-3-7-12-9/h1-8H. The van der Waals surface area contributed by atoms with Gasteiger partial charge in [0.2, 0.25) is 0 Å². The molecule has 0 bridgehead atoms. The Balaban J connectivity index is 2.36. The van der Waals surface area contributed by atoms with Crippen molar-refractivity contribution in [1.29, 1.82) is 0 Å². The summed E-state index contributed by atoms with van der Waals surface area (Å²) in [4.78, 5) is 9.68. The number of carbonyl (C=O) groups is 1. The lowest BCUT2D eigenvalue weighted by atomic mass is 10.4. The summed E-state index contributed by atoms with van der Waals surface area (Å²) in [6, 6.07) is 3.62. The van der Waals surface area contributed by atoms with Gasteiger partial charge in [-0.3, -0.25) is 4.79 Å². The summed E-state index contributed by atoms with van der Waals surface area (Å²) in [5.74, 6) is 0.755. The Morgan fingerprint density at radius 2 is 2.33 bits per heavy atom. The normalized spacial score (nSPS) is 11.0. The summed E-state index contributed by atoms with van der Waals surface area (Å²) in [7, 11) is 0. The van der Waals surface area contributed by atoms with Gasteiger partial charge in [-0.05, 0) is 24.3 Å². The topological polar surface area (TPSA) is 39.4 Å². The first-order valence-electron chi connectivity index (χ1n) is 3.39. The zero-order chi connectivity index (χ0) is 8.65. The molecule has 0 atom stereocenters. The minimum absolute atomic E-state index is 0.358. The minimum atomic E-state index is 0.358. The van der Waals surface area contributed by atoms with E-state index in [0.29, 0.717) is 6.47 Å². The summed E-state index contributed by atoms with van der Waals surface area (Å²) in [6.45, 7) is 0.358. The fourth-order valence-electron chi connectivity index (χ4n) is 0.659. The molecule has 0 aliphatic rings. The van der Waals surface area contributed by atoms with E-state index >= 15 is 0 Å². The van der Waals surface area contributed by atoms with Crippen molar-refractivity contribution in [2.24, 2.45) is 0 Å². The van der Waals surface area contributed by atoms with Gasteiger partial charge in [-0.1, -0.05) is 6.08 Å². The van der Waals surface area contributed by atoms with Crippen LogP contribution in [0.5, 0.6) is 0 Å². The molecular formula is C9H8O3. The van der Waals surface area contributed by atoms with Crippen molar-refractivity contribution >= 4 is 12.5 Å². The number of hydrogen-bond donors (Lipinski definition) is 0. The van der Waals surface area contributed by atoms with Crippen molar-refractivity contribution in [1.82, 2.24) is 0 Å². The number of allylic oxidation sites excluding steroid dienone is 2. The number of hydrogen-bond acceptors (Lipinski definition) is 3. The zero-order valence-electron chi connectivity index (χ0n) is 6.34. The average molecular weight is 164 g/mol. The molecule has 12 heavy (non-hydrogen) atoms. The highest BCUT2D eigenvalue weighted by molar-refractivity contribution is 5.45. The third-order valence-corrected chi connectivity index (χ3v) is 1.13. The summed E-state index contributed by atoms with van der Waals surface area (Å²) in [5.41, 5.74) is 0. The second-order valence-electron chi connectivity index (χ2n) is 1.94. The molecule has 0 aromatic carbocycles. The van der Waals surface area contributed by atoms with Crippen LogP contribution in [0.1, 0.15) is 5.76 Å². The Labute approximate surface area is 69.9 Å². The van der Waals surface area contributed by atoms with E-state index in [9.17, 15) is 4.79 Å². The molecule has 0 amide bonds. The number of carbonyl (C=O) groups excluding carboxylic acids is 1. The van der Waals surface area contributed by atoms with Crippen molar-refractivity contribution < 1.29 is 13.9 Å². The van der Waals surface area contributed by atoms with Gasteiger partial charge in [0, 0.05) is 0 Å². The molecule has 0 saturated carbocycles. The van der Waals surface area contributed by atoms with Crippen molar-refractivity contribution in [3.8, 4) is 0 Å². The van der Waals surface area contributed by atoms with Gasteiger partial charge in [0.1, 0.15) is 5.76 Å². The molecule has 0 aliphatic heterocycles. The smallest absolute Gasteiger partial charge is 0.297 e. The minimum Gasteiger partial charge on any atom is -0.465 e. The first-order valence-corrected chi connectivity index (χ1v) is 3.39. The summed E-state index contributed by atoms with van der Waals surface area (Å²) >= 11 is 0. The summed E-state index contributed by atoms with van der Waals surface area (Å²) in [6.07, 6.45) is 7.93. The van der Waals surface area contributed by atoms with Gasteiger partial charge < -0.3 is 9.15 Å². The highest BCUT2D eigenvalue weighted by Crippen LogP contribution is 2.01. The SMILES string of the molecule is O=COC=CC=Cc1ccco1. The second kappa shape index (κ2) is 4.96. The molecule has 0 radical (unpaired) electrons. The molecule has 1 aromatic heterocycles. The Bertz CT molecular complexity index is 270. The summed E-state index contributed by atoms with van der Waals surface area (Å²) < 4.78 is 9.32. The van der Waals surface area contributed by atoms with Crippen LogP contribution in [0.2, 0.25) is 0 Å². The molecule has 0 spiro atoms. The molecule has 0 aliphatic carbocycles. The van der Waals surface area contributed by atoms with Gasteiger partial charge in [0.15, 0.2) is 0 Å². The monoisotopic (exact) mass is 164 g/mol. The quantitative estimate of drug-likeness (QED) is 0.388. The molecule has 0 unspecified atom stereocenters. The van der Waals surface area contributed by atoms with Crippen molar-refractivity contribution in [3.63, 3.8) is 0 Å². The summed E-state index contributed by atoms with van der Waals surface area (Å²) in [5, 5.41) is 0. The highest BCUT2D eigenvalue weighted by atomic mass is 16.5. The highest BCUT2D eigenvalue weighted by Gasteiger charge is 1.83. The van der Waals surface area contributed by atoms with Crippen LogP contribution in [-0.4, -0.2) is 6.47 Å². The zero-order valence-corrected chi connectivity index (χ0v) is 6.34. The molecular weight excluding hydrogens is 156 g/mol. The fraction of sp³-hybridized carbons (Fsp3) is 0. The van der Waals surface area contributed by atoms with E-state index in [1.54, 1.807) is 30.6 Å². The Hall–Kier alpha value is -1.77. The van der Waals surface area contributed by atoms with Gasteiger partial charge in [-0.2, -0.15) is 0 Å². The first kappa shape index (κ1) is 8.33. The molecule has 0 N–H and O–H groups in total. The number of ether oxygens (including phenoxy) is 1. The van der Waals surface area contributed by atoms with Crippen LogP contribution in [0.3, 0.4) is 0 Å². The van der Waals surface area contributed by atoms with E-state index in [2.05, 4.69) is 4.74 Å². The van der Waals surface area contributed by atoms with Crippen molar-refractivity contribution in [3.05, 3.63) is 42.6 Å². The molecule has 3 nitrogen and oxygen atoms in total. The Kier molecular flexibility index (Phi) is 3.44. The Morgan fingerprint density at radius 3 is 3.00 bits per heavy atom. The predicted octanol–water partition coefficient (Wildman–Crippen LogP) is 1.98. The van der Waals surface area contributed by atoms with E-state index in [-0.39, 0.29) is 0 Å².